The summed E-state index contributed by atoms with van der Waals surface area (Å²) in [7, 11) is -3.75. The largest absolute Gasteiger partial charge is 0.276 e. The predicted octanol–water partition coefficient (Wildman–Crippen LogP) is 3.50. The van der Waals surface area contributed by atoms with Crippen molar-refractivity contribution in [3.63, 3.8) is 0 Å². The molecule has 1 amide bonds. The van der Waals surface area contributed by atoms with Crippen LogP contribution in [0.2, 0.25) is 5.02 Å². The van der Waals surface area contributed by atoms with Crippen LogP contribution in [0.5, 0.6) is 0 Å². The van der Waals surface area contributed by atoms with E-state index in [4.69, 9.17) is 11.6 Å². The number of amides is 1. The molecule has 1 fully saturated rings. The second-order valence-corrected chi connectivity index (χ2v) is 9.34. The van der Waals surface area contributed by atoms with Crippen molar-refractivity contribution in [2.24, 2.45) is 5.92 Å². The summed E-state index contributed by atoms with van der Waals surface area (Å²) in [5.41, 5.74) is 0. The van der Waals surface area contributed by atoms with Crippen molar-refractivity contribution in [1.29, 1.82) is 0 Å². The first-order valence-electron chi connectivity index (χ1n) is 5.86. The molecule has 1 aromatic rings. The van der Waals surface area contributed by atoms with Crippen molar-refractivity contribution in [2.75, 3.05) is 6.54 Å². The Balaban J connectivity index is 2.28. The van der Waals surface area contributed by atoms with Crippen LogP contribution in [0.25, 0.3) is 0 Å². The van der Waals surface area contributed by atoms with Crippen LogP contribution in [0, 0.1) is 5.92 Å². The molecule has 1 aliphatic rings. The minimum atomic E-state index is -3.75. The molecule has 0 bridgehead atoms. The van der Waals surface area contributed by atoms with Crippen LogP contribution >= 0.6 is 38.9 Å². The number of thiophene rings is 1. The molecule has 0 aliphatic carbocycles. The standard InChI is InChI=1S/C11H13BrClNO3S2/c1-2-3-7-4-9(15)14(6-7)19(16,17)10-5-8(13)11(12)18-10/h5,7H,2-4,6H2,1H3. The molecule has 19 heavy (non-hydrogen) atoms. The predicted molar refractivity (Wildman–Crippen MR) is 78.9 cm³/mol. The zero-order valence-corrected chi connectivity index (χ0v) is 14.2. The van der Waals surface area contributed by atoms with E-state index in [9.17, 15) is 13.2 Å². The van der Waals surface area contributed by atoms with Crippen molar-refractivity contribution in [1.82, 2.24) is 4.31 Å². The number of sulfonamides is 1. The molecule has 8 heteroatoms. The highest BCUT2D eigenvalue weighted by molar-refractivity contribution is 9.11. The van der Waals surface area contributed by atoms with Crippen molar-refractivity contribution < 1.29 is 13.2 Å². The highest BCUT2D eigenvalue weighted by Crippen LogP contribution is 2.37. The summed E-state index contributed by atoms with van der Waals surface area (Å²) in [6.45, 7) is 2.31. The van der Waals surface area contributed by atoms with Crippen molar-refractivity contribution in [2.45, 2.75) is 30.4 Å². The van der Waals surface area contributed by atoms with E-state index < -0.39 is 10.0 Å². The number of halogens is 2. The van der Waals surface area contributed by atoms with Crippen molar-refractivity contribution in [3.8, 4) is 0 Å². The minimum Gasteiger partial charge on any atom is -0.274 e. The van der Waals surface area contributed by atoms with Gasteiger partial charge in [0.05, 0.1) is 8.81 Å². The van der Waals surface area contributed by atoms with Crippen LogP contribution in [0.3, 0.4) is 0 Å². The normalized spacial score (nSPS) is 20.3. The Labute approximate surface area is 129 Å². The first-order valence-corrected chi connectivity index (χ1v) is 9.29. The van der Waals surface area contributed by atoms with E-state index in [1.807, 2.05) is 6.92 Å². The van der Waals surface area contributed by atoms with Gasteiger partial charge >= 0.3 is 0 Å². The van der Waals surface area contributed by atoms with Crippen LogP contribution in [-0.2, 0) is 14.8 Å². The van der Waals surface area contributed by atoms with Crippen molar-refractivity contribution in [3.05, 3.63) is 14.9 Å². The quantitative estimate of drug-likeness (QED) is 0.796. The van der Waals surface area contributed by atoms with Gasteiger partial charge in [0.2, 0.25) is 5.91 Å². The topological polar surface area (TPSA) is 54.5 Å². The van der Waals surface area contributed by atoms with Gasteiger partial charge in [0.1, 0.15) is 4.21 Å². The molecule has 1 aliphatic heterocycles. The second-order valence-electron chi connectivity index (χ2n) is 4.48. The van der Waals surface area contributed by atoms with E-state index in [-0.39, 0.29) is 22.6 Å². The Morgan fingerprint density at radius 1 is 1.58 bits per heavy atom. The Hall–Kier alpha value is -0.110. The molecule has 1 saturated heterocycles. The van der Waals surface area contributed by atoms with Gasteiger partial charge < -0.3 is 0 Å². The molecule has 0 aromatic carbocycles. The molecule has 0 saturated carbocycles. The van der Waals surface area contributed by atoms with Crippen LogP contribution in [-0.4, -0.2) is 25.2 Å². The van der Waals surface area contributed by atoms with Crippen molar-refractivity contribution >= 4 is 54.8 Å². The van der Waals surface area contributed by atoms with Gasteiger partial charge in [-0.25, -0.2) is 12.7 Å². The lowest BCUT2D eigenvalue weighted by Crippen LogP contribution is -2.32. The lowest BCUT2D eigenvalue weighted by atomic mass is 10.0. The lowest BCUT2D eigenvalue weighted by Gasteiger charge is -2.15. The van der Waals surface area contributed by atoms with Gasteiger partial charge in [0.25, 0.3) is 10.0 Å². The summed E-state index contributed by atoms with van der Waals surface area (Å²) in [6.07, 6.45) is 2.13. The second kappa shape index (κ2) is 5.71. The first kappa shape index (κ1) is 15.3. The van der Waals surface area contributed by atoms with Gasteiger partial charge in [-0.3, -0.25) is 4.79 Å². The minimum absolute atomic E-state index is 0.106. The summed E-state index contributed by atoms with van der Waals surface area (Å²) in [6, 6.07) is 1.38. The maximum Gasteiger partial charge on any atom is 0.276 e. The van der Waals surface area contributed by atoms with Gasteiger partial charge in [-0.2, -0.15) is 0 Å². The van der Waals surface area contributed by atoms with Gasteiger partial charge in [-0.05, 0) is 34.3 Å². The molecule has 2 heterocycles. The van der Waals surface area contributed by atoms with E-state index in [1.54, 1.807) is 0 Å². The molecular formula is C11H13BrClNO3S2. The van der Waals surface area contributed by atoms with Crippen LogP contribution in [0.15, 0.2) is 14.1 Å². The Kier molecular flexibility index (Phi) is 4.59. The molecule has 4 nitrogen and oxygen atoms in total. The molecule has 2 rings (SSSR count). The number of rotatable bonds is 4. The van der Waals surface area contributed by atoms with E-state index in [2.05, 4.69) is 15.9 Å². The summed E-state index contributed by atoms with van der Waals surface area (Å²) >= 11 is 10.1. The number of carbonyl (C=O) groups excluding carboxylic acids is 1. The fourth-order valence-electron chi connectivity index (χ4n) is 2.15. The molecule has 1 aromatic heterocycles. The Morgan fingerprint density at radius 2 is 2.26 bits per heavy atom. The summed E-state index contributed by atoms with van der Waals surface area (Å²) < 4.78 is 26.4. The summed E-state index contributed by atoms with van der Waals surface area (Å²) in [4.78, 5) is 11.9. The van der Waals surface area contributed by atoms with Crippen LogP contribution in [0.1, 0.15) is 26.2 Å². The summed E-state index contributed by atoms with van der Waals surface area (Å²) in [5, 5.41) is 0.348. The number of nitrogens with zero attached hydrogens (tertiary/aromatic N) is 1. The zero-order chi connectivity index (χ0) is 14.2. The first-order chi connectivity index (χ1) is 8.86. The van der Waals surface area contributed by atoms with Gasteiger partial charge in [-0.15, -0.1) is 11.3 Å². The molecule has 1 atom stereocenters. The van der Waals surface area contributed by atoms with E-state index >= 15 is 0 Å². The fourth-order valence-corrected chi connectivity index (χ4v) is 6.14. The Bertz CT molecular complexity index is 580. The van der Waals surface area contributed by atoms with E-state index in [0.29, 0.717) is 15.2 Å². The third-order valence-corrected chi connectivity index (χ3v) is 7.74. The number of hydrogen-bond donors (Lipinski definition) is 0. The molecule has 0 radical (unpaired) electrons. The zero-order valence-electron chi connectivity index (χ0n) is 10.2. The maximum atomic E-state index is 12.4. The van der Waals surface area contributed by atoms with Gasteiger partial charge in [-0.1, -0.05) is 24.9 Å². The van der Waals surface area contributed by atoms with Gasteiger partial charge in [0, 0.05) is 13.0 Å². The van der Waals surface area contributed by atoms with E-state index in [1.165, 1.54) is 6.07 Å². The summed E-state index contributed by atoms with van der Waals surface area (Å²) in [5.74, 6) is -0.190. The molecule has 0 spiro atoms. The lowest BCUT2D eigenvalue weighted by molar-refractivity contribution is -0.123. The molecule has 0 N–H and O–H groups in total. The SMILES string of the molecule is CCCC1CC(=O)N(S(=O)(=O)c2cc(Cl)c(Br)s2)C1. The third-order valence-electron chi connectivity index (χ3n) is 3.03. The monoisotopic (exact) mass is 385 g/mol. The fraction of sp³-hybridized carbons (Fsp3) is 0.545. The van der Waals surface area contributed by atoms with Gasteiger partial charge in [0.15, 0.2) is 0 Å². The highest BCUT2D eigenvalue weighted by atomic mass is 79.9. The smallest absolute Gasteiger partial charge is 0.274 e. The van der Waals surface area contributed by atoms with Crippen LogP contribution < -0.4 is 0 Å². The number of carbonyl (C=O) groups is 1. The average Bonchev–Trinajstić information content (AvgIpc) is 2.85. The average molecular weight is 387 g/mol. The third kappa shape index (κ3) is 2.99. The van der Waals surface area contributed by atoms with E-state index in [0.717, 1.165) is 28.5 Å². The molecule has 1 unspecified atom stereocenters. The molecular weight excluding hydrogens is 374 g/mol. The Morgan fingerprint density at radius 3 is 2.79 bits per heavy atom. The van der Waals surface area contributed by atoms with Crippen LogP contribution in [0.4, 0.5) is 0 Å². The molecule has 106 valence electrons. The highest BCUT2D eigenvalue weighted by Gasteiger charge is 2.38. The maximum absolute atomic E-state index is 12.4. The number of hydrogen-bond acceptors (Lipinski definition) is 4.